The fourth-order valence-corrected chi connectivity index (χ4v) is 5.25. The summed E-state index contributed by atoms with van der Waals surface area (Å²) < 4.78 is 13.3. The lowest BCUT2D eigenvalue weighted by Gasteiger charge is -2.30. The van der Waals surface area contributed by atoms with Crippen molar-refractivity contribution in [1.82, 2.24) is 10.2 Å². The Kier molecular flexibility index (Phi) is 4.08. The number of carbonyl (C=O) groups is 3. The largest absolute Gasteiger partial charge is 0.324 e. The average Bonchev–Trinajstić information content (AvgIpc) is 3.31. The number of nitrogens with zero attached hydrogens (tertiary/aromatic N) is 1. The smallest absolute Gasteiger partial charge is 0.250 e. The maximum Gasteiger partial charge on any atom is 0.250 e. The predicted molar refractivity (Wildman–Crippen MR) is 107 cm³/mol. The van der Waals surface area contributed by atoms with E-state index >= 15 is 0 Å². The molecule has 2 unspecified atom stereocenters. The molecular formula is C23H22FN3O3. The van der Waals surface area contributed by atoms with Crippen molar-refractivity contribution < 1.29 is 18.8 Å². The maximum atomic E-state index is 13.6. The highest BCUT2D eigenvalue weighted by Crippen LogP contribution is 2.53. The number of halogens is 1. The van der Waals surface area contributed by atoms with E-state index in [2.05, 4.69) is 10.6 Å². The predicted octanol–water partition coefficient (Wildman–Crippen LogP) is 2.40. The van der Waals surface area contributed by atoms with Crippen LogP contribution in [0.2, 0.25) is 0 Å². The Bertz CT molecular complexity index is 1070. The van der Waals surface area contributed by atoms with E-state index in [4.69, 9.17) is 0 Å². The van der Waals surface area contributed by atoms with Gasteiger partial charge in [-0.15, -0.1) is 0 Å². The van der Waals surface area contributed by atoms with E-state index in [0.29, 0.717) is 16.8 Å². The number of fused-ring (bicyclic) bond motifs is 4. The summed E-state index contributed by atoms with van der Waals surface area (Å²) in [6, 6.07) is 12.7. The normalized spacial score (nSPS) is 29.7. The Morgan fingerprint density at radius 3 is 2.43 bits per heavy atom. The number of imide groups is 1. The zero-order chi connectivity index (χ0) is 21.2. The fraction of sp³-hybridized carbons (Fsp3) is 0.348. The van der Waals surface area contributed by atoms with Crippen LogP contribution in [0.5, 0.6) is 0 Å². The van der Waals surface area contributed by atoms with Crippen molar-refractivity contribution in [2.45, 2.75) is 32.0 Å². The lowest BCUT2D eigenvalue weighted by atomic mass is 9.76. The molecule has 2 aromatic carbocycles. The molecule has 0 aliphatic carbocycles. The molecule has 2 fully saturated rings. The van der Waals surface area contributed by atoms with Gasteiger partial charge in [0.15, 0.2) is 0 Å². The number of hydrogen-bond acceptors (Lipinski definition) is 4. The zero-order valence-corrected chi connectivity index (χ0v) is 16.7. The van der Waals surface area contributed by atoms with E-state index in [9.17, 15) is 18.8 Å². The summed E-state index contributed by atoms with van der Waals surface area (Å²) in [5.41, 5.74) is 0.770. The van der Waals surface area contributed by atoms with Crippen LogP contribution in [0.1, 0.15) is 25.0 Å². The highest BCUT2D eigenvalue weighted by Gasteiger charge is 2.70. The van der Waals surface area contributed by atoms with Crippen LogP contribution in [-0.4, -0.2) is 28.7 Å². The second kappa shape index (κ2) is 6.47. The third kappa shape index (κ3) is 2.41. The number of carbonyl (C=O) groups excluding carboxylic acids is 3. The number of para-hydroxylation sites is 1. The fourth-order valence-electron chi connectivity index (χ4n) is 5.25. The van der Waals surface area contributed by atoms with Crippen LogP contribution >= 0.6 is 0 Å². The molecule has 0 aromatic heterocycles. The molecule has 2 N–H and O–H groups in total. The van der Waals surface area contributed by atoms with Gasteiger partial charge in [-0.3, -0.25) is 24.6 Å². The van der Waals surface area contributed by atoms with Gasteiger partial charge in [-0.2, -0.15) is 0 Å². The second-order valence-electron chi connectivity index (χ2n) is 8.61. The van der Waals surface area contributed by atoms with Gasteiger partial charge < -0.3 is 5.32 Å². The van der Waals surface area contributed by atoms with E-state index in [0.717, 1.165) is 0 Å². The molecule has 5 rings (SSSR count). The van der Waals surface area contributed by atoms with Gasteiger partial charge in [-0.1, -0.05) is 44.2 Å². The van der Waals surface area contributed by atoms with Gasteiger partial charge in [0.05, 0.1) is 18.4 Å². The summed E-state index contributed by atoms with van der Waals surface area (Å²) in [6.45, 7) is 4.02. The van der Waals surface area contributed by atoms with Crippen molar-refractivity contribution in [1.29, 1.82) is 0 Å². The summed E-state index contributed by atoms with van der Waals surface area (Å²) in [7, 11) is 0. The maximum absolute atomic E-state index is 13.6. The molecule has 0 radical (unpaired) electrons. The lowest BCUT2D eigenvalue weighted by Crippen LogP contribution is -2.53. The SMILES string of the molecule is CC(C)C1NC2(C(=O)Nc3ccccc32)[C@@H]2C(=O)N(Cc3ccc(F)cc3)C(=O)[C@H]12. The van der Waals surface area contributed by atoms with Crippen molar-refractivity contribution in [3.63, 3.8) is 0 Å². The van der Waals surface area contributed by atoms with Gasteiger partial charge in [0.1, 0.15) is 11.4 Å². The number of hydrogen-bond donors (Lipinski definition) is 2. The van der Waals surface area contributed by atoms with Crippen molar-refractivity contribution in [2.24, 2.45) is 17.8 Å². The Morgan fingerprint density at radius 2 is 1.73 bits per heavy atom. The third-order valence-electron chi connectivity index (χ3n) is 6.62. The van der Waals surface area contributed by atoms with Crippen molar-refractivity contribution >= 4 is 23.4 Å². The Balaban J connectivity index is 1.59. The Labute approximate surface area is 173 Å². The standard InChI is InChI=1S/C23H22FN3O3/c1-12(2)19-17-18(23(26-19)15-5-3-4-6-16(15)25-22(23)30)21(29)27(20(17)28)11-13-7-9-14(24)10-8-13/h3-10,12,17-19,26H,11H2,1-2H3,(H,25,30)/t17-,18-,19?,23?/m0/s1. The molecule has 154 valence electrons. The number of amides is 3. The van der Waals surface area contributed by atoms with Gasteiger partial charge in [-0.25, -0.2) is 4.39 Å². The van der Waals surface area contributed by atoms with Gasteiger partial charge in [0, 0.05) is 17.3 Å². The van der Waals surface area contributed by atoms with E-state index in [1.54, 1.807) is 18.2 Å². The molecule has 3 aliphatic rings. The topological polar surface area (TPSA) is 78.5 Å². The van der Waals surface area contributed by atoms with Crippen LogP contribution in [0.25, 0.3) is 0 Å². The molecule has 30 heavy (non-hydrogen) atoms. The van der Waals surface area contributed by atoms with E-state index in [1.165, 1.54) is 17.0 Å². The minimum atomic E-state index is -1.26. The molecule has 2 aromatic rings. The van der Waals surface area contributed by atoms with Gasteiger partial charge >= 0.3 is 0 Å². The molecule has 0 bridgehead atoms. The van der Waals surface area contributed by atoms with Gasteiger partial charge in [0.2, 0.25) is 17.7 Å². The van der Waals surface area contributed by atoms with E-state index in [1.807, 2.05) is 32.0 Å². The molecule has 3 amide bonds. The molecule has 7 heteroatoms. The summed E-state index contributed by atoms with van der Waals surface area (Å²) in [6.07, 6.45) is 0. The quantitative estimate of drug-likeness (QED) is 0.766. The highest BCUT2D eigenvalue weighted by molar-refractivity contribution is 6.15. The van der Waals surface area contributed by atoms with Crippen LogP contribution in [0, 0.1) is 23.6 Å². The van der Waals surface area contributed by atoms with Crippen molar-refractivity contribution in [3.8, 4) is 0 Å². The molecule has 0 saturated carbocycles. The van der Waals surface area contributed by atoms with Crippen LogP contribution < -0.4 is 10.6 Å². The van der Waals surface area contributed by atoms with Crippen LogP contribution in [0.15, 0.2) is 48.5 Å². The van der Waals surface area contributed by atoms with Gasteiger partial charge in [0.25, 0.3) is 0 Å². The number of benzene rings is 2. The summed E-state index contributed by atoms with van der Waals surface area (Å²) >= 11 is 0. The first-order valence-electron chi connectivity index (χ1n) is 10.1. The number of rotatable bonds is 3. The molecular weight excluding hydrogens is 385 g/mol. The summed E-state index contributed by atoms with van der Waals surface area (Å²) in [5, 5.41) is 6.28. The first kappa shape index (κ1) is 18.9. The second-order valence-corrected chi connectivity index (χ2v) is 8.61. The molecule has 2 saturated heterocycles. The Morgan fingerprint density at radius 1 is 1.03 bits per heavy atom. The summed E-state index contributed by atoms with van der Waals surface area (Å²) in [5.74, 6) is -2.73. The molecule has 3 aliphatic heterocycles. The first-order chi connectivity index (χ1) is 14.3. The number of nitrogens with one attached hydrogen (secondary N) is 2. The van der Waals surface area contributed by atoms with E-state index in [-0.39, 0.29) is 42.0 Å². The molecule has 4 atom stereocenters. The monoisotopic (exact) mass is 407 g/mol. The van der Waals surface area contributed by atoms with Crippen molar-refractivity contribution in [3.05, 3.63) is 65.5 Å². The minimum Gasteiger partial charge on any atom is -0.324 e. The van der Waals surface area contributed by atoms with Crippen molar-refractivity contribution in [2.75, 3.05) is 5.32 Å². The molecule has 6 nitrogen and oxygen atoms in total. The minimum absolute atomic E-state index is 0.0416. The number of likely N-dealkylation sites (tertiary alicyclic amines) is 1. The molecule has 3 heterocycles. The van der Waals surface area contributed by atoms with Gasteiger partial charge in [-0.05, 0) is 29.7 Å². The highest BCUT2D eigenvalue weighted by atomic mass is 19.1. The van der Waals surface area contributed by atoms with E-state index < -0.39 is 17.4 Å². The molecule has 1 spiro atoms. The third-order valence-corrected chi connectivity index (χ3v) is 6.62. The summed E-state index contributed by atoms with van der Waals surface area (Å²) in [4.78, 5) is 41.4. The van der Waals surface area contributed by atoms with Crippen LogP contribution in [0.4, 0.5) is 10.1 Å². The lowest BCUT2D eigenvalue weighted by molar-refractivity contribution is -0.143. The average molecular weight is 407 g/mol. The van der Waals surface area contributed by atoms with Crippen LogP contribution in [-0.2, 0) is 26.5 Å². The first-order valence-corrected chi connectivity index (χ1v) is 10.1. The Hall–Kier alpha value is -3.06. The van der Waals surface area contributed by atoms with Crippen LogP contribution in [0.3, 0.4) is 0 Å². The zero-order valence-electron chi connectivity index (χ0n) is 16.7. The number of anilines is 1.